The molecule has 0 radical (unpaired) electrons. The van der Waals surface area contributed by atoms with E-state index in [1.807, 2.05) is 24.3 Å². The smallest absolute Gasteiger partial charge is 0.224 e. The SMILES string of the molecule is CCSc1ccccc1NC(=O)CCCCO. The number of nitrogens with one attached hydrogen (secondary N) is 1. The Kier molecular flexibility index (Phi) is 6.74. The van der Waals surface area contributed by atoms with E-state index in [-0.39, 0.29) is 12.5 Å². The summed E-state index contributed by atoms with van der Waals surface area (Å²) in [4.78, 5) is 12.7. The number of anilines is 1. The van der Waals surface area contributed by atoms with Gasteiger partial charge in [-0.25, -0.2) is 0 Å². The summed E-state index contributed by atoms with van der Waals surface area (Å²) in [5, 5.41) is 11.6. The van der Waals surface area contributed by atoms with Crippen LogP contribution in [0.2, 0.25) is 0 Å². The maximum Gasteiger partial charge on any atom is 0.224 e. The van der Waals surface area contributed by atoms with Gasteiger partial charge in [0.05, 0.1) is 5.69 Å². The summed E-state index contributed by atoms with van der Waals surface area (Å²) >= 11 is 1.72. The Morgan fingerprint density at radius 1 is 1.35 bits per heavy atom. The Bertz CT molecular complexity index is 355. The van der Waals surface area contributed by atoms with Crippen LogP contribution in [0.5, 0.6) is 0 Å². The summed E-state index contributed by atoms with van der Waals surface area (Å²) in [7, 11) is 0. The van der Waals surface area contributed by atoms with Crippen LogP contribution in [0.1, 0.15) is 26.2 Å². The Hall–Kier alpha value is -1.00. The van der Waals surface area contributed by atoms with Gasteiger partial charge in [0.15, 0.2) is 0 Å². The predicted octanol–water partition coefficient (Wildman–Crippen LogP) is 2.90. The molecule has 94 valence electrons. The minimum atomic E-state index is 0.0163. The number of para-hydroxylation sites is 1. The maximum absolute atomic E-state index is 11.6. The third kappa shape index (κ3) is 5.24. The average molecular weight is 253 g/mol. The number of amides is 1. The molecule has 0 saturated carbocycles. The van der Waals surface area contributed by atoms with E-state index in [4.69, 9.17) is 5.11 Å². The van der Waals surface area contributed by atoms with Crippen molar-refractivity contribution in [2.24, 2.45) is 0 Å². The monoisotopic (exact) mass is 253 g/mol. The fourth-order valence-corrected chi connectivity index (χ4v) is 2.22. The van der Waals surface area contributed by atoms with Crippen LogP contribution < -0.4 is 5.32 Å². The molecule has 1 rings (SSSR count). The van der Waals surface area contributed by atoms with E-state index in [0.717, 1.165) is 22.8 Å². The van der Waals surface area contributed by atoms with Crippen molar-refractivity contribution in [2.45, 2.75) is 31.1 Å². The molecule has 3 nitrogen and oxygen atoms in total. The Morgan fingerprint density at radius 2 is 2.12 bits per heavy atom. The average Bonchev–Trinajstić information content (AvgIpc) is 2.32. The first kappa shape index (κ1) is 14.1. The van der Waals surface area contributed by atoms with Gasteiger partial charge in [0.1, 0.15) is 0 Å². The number of hydrogen-bond acceptors (Lipinski definition) is 3. The first-order valence-electron chi connectivity index (χ1n) is 5.90. The molecule has 0 aromatic heterocycles. The summed E-state index contributed by atoms with van der Waals surface area (Å²) in [6.07, 6.45) is 1.87. The Morgan fingerprint density at radius 3 is 2.82 bits per heavy atom. The molecule has 0 aliphatic carbocycles. The van der Waals surface area contributed by atoms with Crippen molar-refractivity contribution in [2.75, 3.05) is 17.7 Å². The van der Waals surface area contributed by atoms with Gasteiger partial charge in [0.2, 0.25) is 5.91 Å². The van der Waals surface area contributed by atoms with Crippen LogP contribution in [-0.2, 0) is 4.79 Å². The van der Waals surface area contributed by atoms with E-state index in [0.29, 0.717) is 12.8 Å². The fourth-order valence-electron chi connectivity index (χ4n) is 1.46. The Balaban J connectivity index is 2.52. The lowest BCUT2D eigenvalue weighted by atomic mass is 10.2. The normalized spacial score (nSPS) is 10.2. The molecule has 0 bridgehead atoms. The van der Waals surface area contributed by atoms with Gasteiger partial charge < -0.3 is 10.4 Å². The molecule has 2 N–H and O–H groups in total. The number of carbonyl (C=O) groups excluding carboxylic acids is 1. The van der Waals surface area contributed by atoms with Crippen LogP contribution in [0.15, 0.2) is 29.2 Å². The van der Waals surface area contributed by atoms with Crippen LogP contribution in [0, 0.1) is 0 Å². The zero-order valence-corrected chi connectivity index (χ0v) is 10.9. The number of aliphatic hydroxyl groups excluding tert-OH is 1. The van der Waals surface area contributed by atoms with Crippen molar-refractivity contribution in [3.05, 3.63) is 24.3 Å². The summed E-state index contributed by atoms with van der Waals surface area (Å²) in [5.41, 5.74) is 0.883. The van der Waals surface area contributed by atoms with Gasteiger partial charge in [-0.2, -0.15) is 0 Å². The number of benzene rings is 1. The molecule has 4 heteroatoms. The molecule has 1 aromatic carbocycles. The molecule has 1 amide bonds. The fraction of sp³-hybridized carbons (Fsp3) is 0.462. The van der Waals surface area contributed by atoms with Crippen LogP contribution in [0.25, 0.3) is 0 Å². The molecule has 0 heterocycles. The summed E-state index contributed by atoms with van der Waals surface area (Å²) in [6.45, 7) is 2.24. The van der Waals surface area contributed by atoms with Crippen LogP contribution >= 0.6 is 11.8 Å². The van der Waals surface area contributed by atoms with Crippen LogP contribution in [0.3, 0.4) is 0 Å². The highest BCUT2D eigenvalue weighted by molar-refractivity contribution is 7.99. The third-order valence-electron chi connectivity index (χ3n) is 2.27. The number of thioether (sulfide) groups is 1. The summed E-state index contributed by atoms with van der Waals surface area (Å²) in [6, 6.07) is 7.82. The van der Waals surface area contributed by atoms with E-state index in [1.165, 1.54) is 0 Å². The second-order valence-corrected chi connectivity index (χ2v) is 4.96. The molecule has 0 atom stereocenters. The lowest BCUT2D eigenvalue weighted by Crippen LogP contribution is -2.11. The first-order chi connectivity index (χ1) is 8.27. The Labute approximate surface area is 107 Å². The molecule has 0 spiro atoms. The van der Waals surface area contributed by atoms with E-state index >= 15 is 0 Å². The predicted molar refractivity (Wildman–Crippen MR) is 72.4 cm³/mol. The molecule has 0 fully saturated rings. The van der Waals surface area contributed by atoms with Crippen molar-refractivity contribution < 1.29 is 9.90 Å². The lowest BCUT2D eigenvalue weighted by molar-refractivity contribution is -0.116. The second-order valence-electron chi connectivity index (χ2n) is 3.66. The van der Waals surface area contributed by atoms with Crippen molar-refractivity contribution in [3.63, 3.8) is 0 Å². The highest BCUT2D eigenvalue weighted by Gasteiger charge is 2.05. The molecule has 17 heavy (non-hydrogen) atoms. The molecular formula is C13H19NO2S. The lowest BCUT2D eigenvalue weighted by Gasteiger charge is -2.09. The topological polar surface area (TPSA) is 49.3 Å². The van der Waals surface area contributed by atoms with Gasteiger partial charge in [-0.3, -0.25) is 4.79 Å². The van der Waals surface area contributed by atoms with Gasteiger partial charge in [0.25, 0.3) is 0 Å². The van der Waals surface area contributed by atoms with Crippen molar-refractivity contribution in [1.29, 1.82) is 0 Å². The number of carbonyl (C=O) groups is 1. The van der Waals surface area contributed by atoms with E-state index < -0.39 is 0 Å². The van der Waals surface area contributed by atoms with Gasteiger partial charge in [0, 0.05) is 17.9 Å². The summed E-state index contributed by atoms with van der Waals surface area (Å²) < 4.78 is 0. The van der Waals surface area contributed by atoms with Crippen molar-refractivity contribution in [1.82, 2.24) is 0 Å². The first-order valence-corrected chi connectivity index (χ1v) is 6.89. The number of hydrogen-bond donors (Lipinski definition) is 2. The number of rotatable bonds is 7. The zero-order chi connectivity index (χ0) is 12.5. The van der Waals surface area contributed by atoms with Gasteiger partial charge >= 0.3 is 0 Å². The van der Waals surface area contributed by atoms with E-state index in [1.54, 1.807) is 11.8 Å². The maximum atomic E-state index is 11.6. The molecule has 0 aliphatic rings. The molecule has 0 unspecified atom stereocenters. The quantitative estimate of drug-likeness (QED) is 0.580. The van der Waals surface area contributed by atoms with Gasteiger partial charge in [-0.15, -0.1) is 11.8 Å². The van der Waals surface area contributed by atoms with Gasteiger partial charge in [-0.1, -0.05) is 19.1 Å². The summed E-state index contributed by atoms with van der Waals surface area (Å²) in [5.74, 6) is 1.000. The minimum Gasteiger partial charge on any atom is -0.396 e. The number of aliphatic hydroxyl groups is 1. The van der Waals surface area contributed by atoms with Crippen molar-refractivity contribution >= 4 is 23.4 Å². The third-order valence-corrected chi connectivity index (χ3v) is 3.23. The molecular weight excluding hydrogens is 234 g/mol. The minimum absolute atomic E-state index is 0.0163. The standard InChI is InChI=1S/C13H19NO2S/c1-2-17-12-8-4-3-7-11(12)14-13(16)9-5-6-10-15/h3-4,7-8,15H,2,5-6,9-10H2,1H3,(H,14,16). The van der Waals surface area contributed by atoms with Gasteiger partial charge in [-0.05, 0) is 30.7 Å². The second kappa shape index (κ2) is 8.14. The van der Waals surface area contributed by atoms with E-state index in [2.05, 4.69) is 12.2 Å². The highest BCUT2D eigenvalue weighted by atomic mass is 32.2. The zero-order valence-electron chi connectivity index (χ0n) is 10.1. The molecule has 0 saturated heterocycles. The highest BCUT2D eigenvalue weighted by Crippen LogP contribution is 2.26. The van der Waals surface area contributed by atoms with E-state index in [9.17, 15) is 4.79 Å². The molecule has 1 aromatic rings. The van der Waals surface area contributed by atoms with Crippen LogP contribution in [-0.4, -0.2) is 23.4 Å². The largest absolute Gasteiger partial charge is 0.396 e. The number of unbranched alkanes of at least 4 members (excludes halogenated alkanes) is 1. The van der Waals surface area contributed by atoms with Crippen LogP contribution in [0.4, 0.5) is 5.69 Å². The van der Waals surface area contributed by atoms with Crippen molar-refractivity contribution in [3.8, 4) is 0 Å². The molecule has 0 aliphatic heterocycles.